The number of hydrogen-bond acceptors (Lipinski definition) is 4. The van der Waals surface area contributed by atoms with Crippen molar-refractivity contribution in [2.24, 2.45) is 0 Å². The summed E-state index contributed by atoms with van der Waals surface area (Å²) in [6.45, 7) is 0. The van der Waals surface area contributed by atoms with E-state index in [4.69, 9.17) is 27.5 Å². The van der Waals surface area contributed by atoms with Crippen molar-refractivity contribution in [1.29, 1.82) is 0 Å². The van der Waals surface area contributed by atoms with Crippen LogP contribution in [0.5, 0.6) is 0 Å². The molecule has 0 radical (unpaired) electrons. The number of furan rings is 2. The van der Waals surface area contributed by atoms with Gasteiger partial charge in [-0.05, 0) is 64.7 Å². The highest BCUT2D eigenvalue weighted by molar-refractivity contribution is 6.15. The molecule has 0 saturated heterocycles. The van der Waals surface area contributed by atoms with Crippen LogP contribution in [0, 0.1) is 0 Å². The van der Waals surface area contributed by atoms with Gasteiger partial charge in [-0.25, -0.2) is 9.97 Å². The molecule has 4 heteroatoms. The summed E-state index contributed by atoms with van der Waals surface area (Å²) in [5.41, 5.74) is 6.58. The lowest BCUT2D eigenvalue weighted by molar-refractivity contribution is 0.669. The van der Waals surface area contributed by atoms with Crippen LogP contribution < -0.4 is 0 Å². The van der Waals surface area contributed by atoms with Crippen LogP contribution in [0.4, 0.5) is 0 Å². The second kappa shape index (κ2) is 11.4. The molecule has 3 heterocycles. The van der Waals surface area contributed by atoms with Crippen molar-refractivity contribution in [2.45, 2.75) is 0 Å². The van der Waals surface area contributed by atoms with Crippen molar-refractivity contribution >= 4 is 43.9 Å². The second-order valence-electron chi connectivity index (χ2n) is 11.8. The number of fused-ring (bicyclic) bond motifs is 6. The van der Waals surface area contributed by atoms with Crippen LogP contribution in [-0.4, -0.2) is 9.97 Å². The highest BCUT2D eigenvalue weighted by Crippen LogP contribution is 2.41. The summed E-state index contributed by atoms with van der Waals surface area (Å²) in [7, 11) is 0. The molecule has 234 valence electrons. The average molecular weight is 651 g/mol. The average Bonchev–Trinajstić information content (AvgIpc) is 3.84. The van der Waals surface area contributed by atoms with Gasteiger partial charge < -0.3 is 8.83 Å². The quantitative estimate of drug-likeness (QED) is 0.186. The Kier molecular flexibility index (Phi) is 4.55. The molecule has 0 N–H and O–H groups in total. The maximum Gasteiger partial charge on any atom is 0.160 e. The van der Waals surface area contributed by atoms with Gasteiger partial charge in [-0.3, -0.25) is 0 Å². The molecule has 0 amide bonds. The van der Waals surface area contributed by atoms with Crippen molar-refractivity contribution in [2.75, 3.05) is 0 Å². The molecule has 0 spiro atoms. The fourth-order valence-electron chi connectivity index (χ4n) is 6.65. The van der Waals surface area contributed by atoms with Gasteiger partial charge in [0.2, 0.25) is 0 Å². The second-order valence-corrected chi connectivity index (χ2v) is 11.8. The van der Waals surface area contributed by atoms with E-state index >= 15 is 0 Å². The van der Waals surface area contributed by atoms with E-state index in [1.807, 2.05) is 60.7 Å². The largest absolute Gasteiger partial charge is 0.456 e. The molecule has 0 aliphatic carbocycles. The lowest BCUT2D eigenvalue weighted by Crippen LogP contribution is -1.96. The zero-order valence-electron chi connectivity index (χ0n) is 36.1. The number of benzene rings is 7. The summed E-state index contributed by atoms with van der Waals surface area (Å²) in [6, 6.07) is 29.3. The summed E-state index contributed by atoms with van der Waals surface area (Å²) in [5, 5.41) is 3.38. The Morgan fingerprint density at radius 3 is 1.82 bits per heavy atom. The van der Waals surface area contributed by atoms with E-state index in [9.17, 15) is 0 Å². The molecule has 0 unspecified atom stereocenters. The third kappa shape index (κ3) is 4.69. The van der Waals surface area contributed by atoms with E-state index in [2.05, 4.69) is 29.2 Å². The van der Waals surface area contributed by atoms with Gasteiger partial charge in [0.25, 0.3) is 0 Å². The lowest BCUT2D eigenvalue weighted by atomic mass is 9.97. The van der Waals surface area contributed by atoms with Gasteiger partial charge in [0, 0.05) is 38.2 Å². The normalized spacial score (nSPS) is 14.4. The third-order valence-electron chi connectivity index (χ3n) is 8.89. The first-order valence-corrected chi connectivity index (χ1v) is 15.9. The minimum atomic E-state index is -0.600. The van der Waals surface area contributed by atoms with Crippen molar-refractivity contribution in [3.63, 3.8) is 0 Å². The van der Waals surface area contributed by atoms with Gasteiger partial charge >= 0.3 is 0 Å². The predicted octanol–water partition coefficient (Wildman–Crippen LogP) is 12.6. The molecule has 4 nitrogen and oxygen atoms in total. The van der Waals surface area contributed by atoms with E-state index in [0.29, 0.717) is 22.1 Å². The Morgan fingerprint density at radius 2 is 1.04 bits per heavy atom. The van der Waals surface area contributed by atoms with Gasteiger partial charge in [-0.1, -0.05) is 127 Å². The fourth-order valence-corrected chi connectivity index (χ4v) is 6.65. The molecule has 10 aromatic rings. The number of aromatic nitrogens is 2. The van der Waals surface area contributed by atoms with Crippen LogP contribution in [-0.2, 0) is 0 Å². The number of rotatable bonds is 5. The SMILES string of the molecule is [2H]c1c([2H])c([2H])c(-c2cc(-c3cccc4oc5ccc(-c6ccc7c(c6)oc6cccc(-c8ccccc8)c67)cc5c34)nc(-c3c([2H])c([2H])c([2H])c([2H])c3[2H])n2)c([2H])c1[2H]. The van der Waals surface area contributed by atoms with Crippen LogP contribution in [0.2, 0.25) is 0 Å². The molecule has 3 aromatic heterocycles. The minimum Gasteiger partial charge on any atom is -0.456 e. The third-order valence-corrected chi connectivity index (χ3v) is 8.89. The molecule has 10 rings (SSSR count). The summed E-state index contributed by atoms with van der Waals surface area (Å²) in [6.07, 6.45) is 0. The van der Waals surface area contributed by atoms with E-state index in [-0.39, 0.29) is 28.3 Å². The van der Waals surface area contributed by atoms with Gasteiger partial charge in [-0.2, -0.15) is 0 Å². The van der Waals surface area contributed by atoms with Gasteiger partial charge in [0.05, 0.1) is 25.1 Å². The number of hydrogen-bond donors (Lipinski definition) is 0. The smallest absolute Gasteiger partial charge is 0.160 e. The van der Waals surface area contributed by atoms with E-state index in [1.165, 1.54) is 6.07 Å². The van der Waals surface area contributed by atoms with Gasteiger partial charge in [0.15, 0.2) is 5.82 Å². The van der Waals surface area contributed by atoms with Gasteiger partial charge in [-0.15, -0.1) is 0 Å². The van der Waals surface area contributed by atoms with Crippen molar-refractivity contribution in [3.8, 4) is 56.2 Å². The molecule has 7 aromatic carbocycles. The van der Waals surface area contributed by atoms with Crippen LogP contribution in [0.15, 0.2) is 178 Å². The maximum absolute atomic E-state index is 8.74. The molecule has 0 aliphatic rings. The molecule has 50 heavy (non-hydrogen) atoms. The highest BCUT2D eigenvalue weighted by Gasteiger charge is 2.18. The summed E-state index contributed by atoms with van der Waals surface area (Å²) in [5.74, 6) is -0.286. The maximum atomic E-state index is 8.74. The fraction of sp³-hybridized carbons (Fsp3) is 0. The van der Waals surface area contributed by atoms with E-state index in [1.54, 1.807) is 18.2 Å². The van der Waals surface area contributed by atoms with Crippen LogP contribution >= 0.6 is 0 Å². The Morgan fingerprint density at radius 1 is 0.400 bits per heavy atom. The number of nitrogens with zero attached hydrogens (tertiary/aromatic N) is 2. The Balaban J connectivity index is 1.19. The van der Waals surface area contributed by atoms with E-state index < -0.39 is 60.4 Å². The van der Waals surface area contributed by atoms with Crippen LogP contribution in [0.3, 0.4) is 0 Å². The molecule has 0 bridgehead atoms. The zero-order chi connectivity index (χ0) is 41.7. The standard InChI is InChI=1S/C46H28N2O2/c1-4-12-29(13-5-1)34-18-10-20-41-44(34)36-24-22-33(27-43(36)50-41)32-23-25-40-37(26-32)45-35(19-11-21-42(45)49-40)39-28-38(30-14-6-2-7-15-30)47-46(48-39)31-16-8-3-9-17-31/h1-28H/i2D,3D,6D,7D,8D,9D,14D,15D,16D,17D. The first-order valence-electron chi connectivity index (χ1n) is 20.9. The summed E-state index contributed by atoms with van der Waals surface area (Å²) < 4.78 is 97.4. The molecule has 0 fully saturated rings. The summed E-state index contributed by atoms with van der Waals surface area (Å²) in [4.78, 5) is 9.30. The van der Waals surface area contributed by atoms with Crippen molar-refractivity contribution < 1.29 is 22.5 Å². The summed E-state index contributed by atoms with van der Waals surface area (Å²) >= 11 is 0. The Labute approximate surface area is 302 Å². The van der Waals surface area contributed by atoms with Gasteiger partial charge in [0.1, 0.15) is 22.3 Å². The predicted molar refractivity (Wildman–Crippen MR) is 204 cm³/mol. The minimum absolute atomic E-state index is 0.0983. The van der Waals surface area contributed by atoms with E-state index in [0.717, 1.165) is 49.6 Å². The van der Waals surface area contributed by atoms with Crippen LogP contribution in [0.25, 0.3) is 100 Å². The Hall–Kier alpha value is -6.78. The molecule has 0 atom stereocenters. The highest BCUT2D eigenvalue weighted by atomic mass is 16.3. The van der Waals surface area contributed by atoms with Crippen molar-refractivity contribution in [1.82, 2.24) is 9.97 Å². The molecule has 0 aliphatic heterocycles. The molecular formula is C46H28N2O2. The van der Waals surface area contributed by atoms with Crippen molar-refractivity contribution in [3.05, 3.63) is 170 Å². The topological polar surface area (TPSA) is 52.1 Å². The first kappa shape index (κ1) is 19.9. The van der Waals surface area contributed by atoms with Crippen LogP contribution in [0.1, 0.15) is 13.7 Å². The Bertz CT molecular complexity index is 3310. The first-order chi connectivity index (χ1) is 28.9. The lowest BCUT2D eigenvalue weighted by Gasteiger charge is -2.10. The monoisotopic (exact) mass is 650 g/mol. The molecule has 0 saturated carbocycles. The zero-order valence-corrected chi connectivity index (χ0v) is 26.1. The molecular weight excluding hydrogens is 613 g/mol.